The molecule has 0 amide bonds. The van der Waals surface area contributed by atoms with E-state index < -0.39 is 0 Å². The number of phenolic OH excluding ortho intramolecular Hbond substituents is 1. The molecular formula is C21H24N4O2. The molecule has 1 heterocycles. The summed E-state index contributed by atoms with van der Waals surface area (Å²) in [7, 11) is 0. The van der Waals surface area contributed by atoms with Crippen LogP contribution in [0.2, 0.25) is 0 Å². The fraction of sp³-hybridized carbons (Fsp3) is 0.238. The van der Waals surface area contributed by atoms with Crippen molar-refractivity contribution in [3.8, 4) is 17.2 Å². The van der Waals surface area contributed by atoms with Gasteiger partial charge in [-0.25, -0.2) is 9.98 Å². The summed E-state index contributed by atoms with van der Waals surface area (Å²) in [6.07, 6.45) is 1.65. The Morgan fingerprint density at radius 1 is 1.15 bits per heavy atom. The van der Waals surface area contributed by atoms with E-state index in [1.807, 2.05) is 50.2 Å². The van der Waals surface area contributed by atoms with Crippen molar-refractivity contribution in [2.45, 2.75) is 26.9 Å². The van der Waals surface area contributed by atoms with Crippen molar-refractivity contribution >= 4 is 5.96 Å². The van der Waals surface area contributed by atoms with E-state index >= 15 is 0 Å². The Balaban J connectivity index is 1.62. The number of nitrogens with one attached hydrogen (secondary N) is 2. The third kappa shape index (κ3) is 5.34. The molecule has 0 aliphatic heterocycles. The van der Waals surface area contributed by atoms with Crippen molar-refractivity contribution in [2.75, 3.05) is 6.54 Å². The van der Waals surface area contributed by atoms with Crippen molar-refractivity contribution in [1.29, 1.82) is 0 Å². The molecule has 1 aromatic heterocycles. The van der Waals surface area contributed by atoms with E-state index in [0.717, 1.165) is 23.4 Å². The van der Waals surface area contributed by atoms with Crippen LogP contribution in [0.15, 0.2) is 64.2 Å². The van der Waals surface area contributed by atoms with Gasteiger partial charge in [0, 0.05) is 12.1 Å². The number of aromatic nitrogens is 1. The molecule has 0 aliphatic carbocycles. The largest absolute Gasteiger partial charge is 0.508 e. The Hall–Kier alpha value is -3.28. The zero-order valence-corrected chi connectivity index (χ0v) is 15.6. The predicted molar refractivity (Wildman–Crippen MR) is 106 cm³/mol. The summed E-state index contributed by atoms with van der Waals surface area (Å²) in [5, 5.41) is 16.0. The second-order valence-electron chi connectivity index (χ2n) is 6.23. The number of oxazole rings is 1. The van der Waals surface area contributed by atoms with Crippen molar-refractivity contribution < 1.29 is 9.52 Å². The van der Waals surface area contributed by atoms with Gasteiger partial charge in [0.2, 0.25) is 5.89 Å². The van der Waals surface area contributed by atoms with Crippen LogP contribution >= 0.6 is 0 Å². The highest BCUT2D eigenvalue weighted by Gasteiger charge is 2.07. The van der Waals surface area contributed by atoms with Gasteiger partial charge in [-0.2, -0.15) is 0 Å². The molecule has 0 fully saturated rings. The fourth-order valence-electron chi connectivity index (χ4n) is 2.56. The average Bonchev–Trinajstić information content (AvgIpc) is 3.14. The SMILES string of the molecule is CCNC(=NCc1cccc(O)c1)NCc1coc(-c2ccc(C)cc2)n1. The van der Waals surface area contributed by atoms with Crippen LogP contribution in [0.25, 0.3) is 11.5 Å². The molecule has 3 aromatic rings. The van der Waals surface area contributed by atoms with Gasteiger partial charge >= 0.3 is 0 Å². The van der Waals surface area contributed by atoms with Crippen LogP contribution in [-0.2, 0) is 13.1 Å². The molecule has 2 aromatic carbocycles. The molecule has 140 valence electrons. The Morgan fingerprint density at radius 2 is 1.96 bits per heavy atom. The van der Waals surface area contributed by atoms with Gasteiger partial charge in [0.15, 0.2) is 5.96 Å². The maximum atomic E-state index is 9.55. The number of guanidine groups is 1. The lowest BCUT2D eigenvalue weighted by Crippen LogP contribution is -2.36. The average molecular weight is 364 g/mol. The van der Waals surface area contributed by atoms with Gasteiger partial charge in [-0.1, -0.05) is 29.8 Å². The fourth-order valence-corrected chi connectivity index (χ4v) is 2.56. The summed E-state index contributed by atoms with van der Waals surface area (Å²) in [4.78, 5) is 9.07. The van der Waals surface area contributed by atoms with E-state index in [9.17, 15) is 5.11 Å². The number of aromatic hydroxyl groups is 1. The van der Waals surface area contributed by atoms with Gasteiger partial charge in [0.05, 0.1) is 18.8 Å². The maximum absolute atomic E-state index is 9.55. The molecule has 0 radical (unpaired) electrons. The number of phenols is 1. The molecule has 0 bridgehead atoms. The standard InChI is InChI=1S/C21H24N4O2/c1-3-22-21(23-12-16-5-4-6-19(26)11-16)24-13-18-14-27-20(25-18)17-9-7-15(2)8-10-17/h4-11,14,26H,3,12-13H2,1-2H3,(H2,22,23,24). The lowest BCUT2D eigenvalue weighted by molar-refractivity contribution is 0.474. The molecule has 0 unspecified atom stereocenters. The molecule has 0 spiro atoms. The van der Waals surface area contributed by atoms with Crippen LogP contribution in [0.3, 0.4) is 0 Å². The van der Waals surface area contributed by atoms with Crippen LogP contribution in [0.5, 0.6) is 5.75 Å². The van der Waals surface area contributed by atoms with Crippen LogP contribution in [0.1, 0.15) is 23.7 Å². The number of hydrogen-bond donors (Lipinski definition) is 3. The highest BCUT2D eigenvalue weighted by Crippen LogP contribution is 2.19. The minimum Gasteiger partial charge on any atom is -0.508 e. The van der Waals surface area contributed by atoms with E-state index in [0.29, 0.717) is 24.9 Å². The van der Waals surface area contributed by atoms with Crippen molar-refractivity contribution in [1.82, 2.24) is 15.6 Å². The lowest BCUT2D eigenvalue weighted by Gasteiger charge is -2.10. The molecule has 0 saturated carbocycles. The minimum atomic E-state index is 0.242. The molecule has 0 aliphatic rings. The highest BCUT2D eigenvalue weighted by atomic mass is 16.3. The number of rotatable bonds is 6. The first-order chi connectivity index (χ1) is 13.1. The van der Waals surface area contributed by atoms with E-state index in [-0.39, 0.29) is 5.75 Å². The molecule has 0 saturated heterocycles. The predicted octanol–water partition coefficient (Wildman–Crippen LogP) is 3.61. The molecule has 6 nitrogen and oxygen atoms in total. The lowest BCUT2D eigenvalue weighted by atomic mass is 10.1. The Labute approximate surface area is 159 Å². The summed E-state index contributed by atoms with van der Waals surface area (Å²) >= 11 is 0. The molecule has 0 atom stereocenters. The second-order valence-corrected chi connectivity index (χ2v) is 6.23. The van der Waals surface area contributed by atoms with Crippen LogP contribution in [0.4, 0.5) is 0 Å². The normalized spacial score (nSPS) is 11.4. The summed E-state index contributed by atoms with van der Waals surface area (Å²) in [5.74, 6) is 1.53. The van der Waals surface area contributed by atoms with E-state index in [4.69, 9.17) is 4.42 Å². The maximum Gasteiger partial charge on any atom is 0.226 e. The molecule has 27 heavy (non-hydrogen) atoms. The Bertz CT molecular complexity index is 901. The van der Waals surface area contributed by atoms with Crippen LogP contribution in [0, 0.1) is 6.92 Å². The quantitative estimate of drug-likeness (QED) is 0.460. The van der Waals surface area contributed by atoms with Crippen LogP contribution in [-0.4, -0.2) is 22.6 Å². The molecular weight excluding hydrogens is 340 g/mol. The number of benzene rings is 2. The minimum absolute atomic E-state index is 0.242. The molecule has 3 rings (SSSR count). The Morgan fingerprint density at radius 3 is 2.70 bits per heavy atom. The summed E-state index contributed by atoms with van der Waals surface area (Å²) < 4.78 is 5.59. The van der Waals surface area contributed by atoms with Crippen molar-refractivity contribution in [2.24, 2.45) is 4.99 Å². The van der Waals surface area contributed by atoms with Gasteiger partial charge in [-0.05, 0) is 43.7 Å². The topological polar surface area (TPSA) is 82.7 Å². The number of aryl methyl sites for hydroxylation is 1. The third-order valence-corrected chi connectivity index (χ3v) is 3.96. The van der Waals surface area contributed by atoms with Crippen LogP contribution < -0.4 is 10.6 Å². The van der Waals surface area contributed by atoms with Crippen molar-refractivity contribution in [3.05, 3.63) is 71.6 Å². The number of hydrogen-bond acceptors (Lipinski definition) is 4. The van der Waals surface area contributed by atoms with Gasteiger partial charge in [0.1, 0.15) is 12.0 Å². The van der Waals surface area contributed by atoms with E-state index in [2.05, 4.69) is 20.6 Å². The molecule has 6 heteroatoms. The summed E-state index contributed by atoms with van der Waals surface area (Å²) in [5.41, 5.74) is 3.89. The van der Waals surface area contributed by atoms with Crippen molar-refractivity contribution in [3.63, 3.8) is 0 Å². The Kier molecular flexibility index (Phi) is 6.10. The summed E-state index contributed by atoms with van der Waals surface area (Å²) in [6.45, 7) is 5.78. The molecule has 3 N–H and O–H groups in total. The van der Waals surface area contributed by atoms with Gasteiger partial charge in [0.25, 0.3) is 0 Å². The monoisotopic (exact) mass is 364 g/mol. The zero-order valence-electron chi connectivity index (χ0n) is 15.6. The smallest absolute Gasteiger partial charge is 0.226 e. The first-order valence-corrected chi connectivity index (χ1v) is 8.95. The number of aliphatic imine (C=N–C) groups is 1. The second kappa shape index (κ2) is 8.89. The first-order valence-electron chi connectivity index (χ1n) is 8.95. The summed E-state index contributed by atoms with van der Waals surface area (Å²) in [6, 6.07) is 15.2. The van der Waals surface area contributed by atoms with Gasteiger partial charge in [-0.15, -0.1) is 0 Å². The third-order valence-electron chi connectivity index (χ3n) is 3.96. The van der Waals surface area contributed by atoms with Gasteiger partial charge < -0.3 is 20.2 Å². The number of nitrogens with zero attached hydrogens (tertiary/aromatic N) is 2. The van der Waals surface area contributed by atoms with E-state index in [1.54, 1.807) is 18.4 Å². The first kappa shape index (κ1) is 18.5. The van der Waals surface area contributed by atoms with Gasteiger partial charge in [-0.3, -0.25) is 0 Å². The highest BCUT2D eigenvalue weighted by molar-refractivity contribution is 5.79. The van der Waals surface area contributed by atoms with E-state index in [1.165, 1.54) is 5.56 Å². The zero-order chi connectivity index (χ0) is 19.1.